The Kier molecular flexibility index (Phi) is 7.92. The van der Waals surface area contributed by atoms with Crippen LogP contribution >= 0.6 is 0 Å². The van der Waals surface area contributed by atoms with Crippen molar-refractivity contribution in [2.24, 2.45) is 4.99 Å². The maximum absolute atomic E-state index is 12.1. The first-order valence-electron chi connectivity index (χ1n) is 9.31. The largest absolute Gasteiger partial charge is 0.357 e. The zero-order chi connectivity index (χ0) is 18.8. The molecule has 26 heavy (non-hydrogen) atoms. The molecule has 3 N–H and O–H groups in total. The standard InChI is InChI=1S/C19H29N5O2/c1-3-20-18(26)16-9-7-15(8-10-16)13-22-19(21-4-2)23-14-17(25)24-11-5-6-12-24/h7-10H,3-6,11-14H2,1-2H3,(H,20,26)(H2,21,22,23). The van der Waals surface area contributed by atoms with Crippen LogP contribution in [-0.2, 0) is 11.3 Å². The minimum atomic E-state index is -0.0713. The summed E-state index contributed by atoms with van der Waals surface area (Å²) in [6, 6.07) is 7.39. The topological polar surface area (TPSA) is 85.8 Å². The lowest BCUT2D eigenvalue weighted by Crippen LogP contribution is -2.44. The van der Waals surface area contributed by atoms with Gasteiger partial charge in [0.05, 0.1) is 13.1 Å². The number of benzene rings is 1. The van der Waals surface area contributed by atoms with Crippen molar-refractivity contribution in [1.29, 1.82) is 0 Å². The summed E-state index contributed by atoms with van der Waals surface area (Å²) in [5.74, 6) is 0.658. The summed E-state index contributed by atoms with van der Waals surface area (Å²) in [5, 5.41) is 9.02. The molecule has 7 heteroatoms. The SMILES string of the molecule is CCNC(=O)c1ccc(CN=C(NCC)NCC(=O)N2CCCC2)cc1. The molecule has 1 aliphatic heterocycles. The third kappa shape index (κ3) is 6.06. The van der Waals surface area contributed by atoms with E-state index in [9.17, 15) is 9.59 Å². The second-order valence-electron chi connectivity index (χ2n) is 6.19. The average Bonchev–Trinajstić information content (AvgIpc) is 3.19. The number of nitrogens with zero attached hydrogens (tertiary/aromatic N) is 2. The first kappa shape index (κ1) is 19.8. The fourth-order valence-electron chi connectivity index (χ4n) is 2.77. The van der Waals surface area contributed by atoms with E-state index >= 15 is 0 Å². The molecule has 2 rings (SSSR count). The van der Waals surface area contributed by atoms with Gasteiger partial charge in [-0.25, -0.2) is 4.99 Å². The number of hydrogen-bond acceptors (Lipinski definition) is 3. The van der Waals surface area contributed by atoms with Crippen LogP contribution in [0.1, 0.15) is 42.6 Å². The average molecular weight is 359 g/mol. The van der Waals surface area contributed by atoms with E-state index in [0.29, 0.717) is 24.6 Å². The highest BCUT2D eigenvalue weighted by molar-refractivity contribution is 5.94. The van der Waals surface area contributed by atoms with E-state index in [4.69, 9.17) is 0 Å². The van der Waals surface area contributed by atoms with Crippen LogP contribution in [0.4, 0.5) is 0 Å². The molecular formula is C19H29N5O2. The first-order valence-corrected chi connectivity index (χ1v) is 9.31. The molecule has 1 aromatic rings. The second-order valence-corrected chi connectivity index (χ2v) is 6.19. The van der Waals surface area contributed by atoms with Crippen LogP contribution in [0, 0.1) is 0 Å². The Bertz CT molecular complexity index is 621. The van der Waals surface area contributed by atoms with Crippen molar-refractivity contribution in [2.75, 3.05) is 32.7 Å². The third-order valence-electron chi connectivity index (χ3n) is 4.18. The molecule has 1 fully saturated rings. The Labute approximate surface area is 155 Å². The predicted molar refractivity (Wildman–Crippen MR) is 103 cm³/mol. The van der Waals surface area contributed by atoms with Crippen molar-refractivity contribution in [3.63, 3.8) is 0 Å². The van der Waals surface area contributed by atoms with E-state index < -0.39 is 0 Å². The molecule has 0 atom stereocenters. The van der Waals surface area contributed by atoms with E-state index in [-0.39, 0.29) is 18.4 Å². The quantitative estimate of drug-likeness (QED) is 0.503. The van der Waals surface area contributed by atoms with E-state index in [0.717, 1.165) is 38.0 Å². The molecule has 0 aliphatic carbocycles. The molecular weight excluding hydrogens is 330 g/mol. The highest BCUT2D eigenvalue weighted by atomic mass is 16.2. The van der Waals surface area contributed by atoms with Crippen molar-refractivity contribution in [3.05, 3.63) is 35.4 Å². The van der Waals surface area contributed by atoms with E-state index in [1.165, 1.54) is 0 Å². The second kappa shape index (κ2) is 10.4. The van der Waals surface area contributed by atoms with Crippen molar-refractivity contribution >= 4 is 17.8 Å². The first-order chi connectivity index (χ1) is 12.6. The number of amides is 2. The molecule has 142 valence electrons. The summed E-state index contributed by atoms with van der Waals surface area (Å²) in [5.41, 5.74) is 1.64. The molecule has 0 radical (unpaired) electrons. The third-order valence-corrected chi connectivity index (χ3v) is 4.18. The normalized spacial score (nSPS) is 14.2. The van der Waals surface area contributed by atoms with Gasteiger partial charge in [0.15, 0.2) is 5.96 Å². The molecule has 1 aromatic carbocycles. The summed E-state index contributed by atoms with van der Waals surface area (Å²) in [6.45, 7) is 7.65. The zero-order valence-electron chi connectivity index (χ0n) is 15.7. The van der Waals surface area contributed by atoms with Gasteiger partial charge in [-0.3, -0.25) is 9.59 Å². The smallest absolute Gasteiger partial charge is 0.251 e. The molecule has 0 aromatic heterocycles. The fourth-order valence-corrected chi connectivity index (χ4v) is 2.77. The van der Waals surface area contributed by atoms with Gasteiger partial charge in [-0.15, -0.1) is 0 Å². The van der Waals surface area contributed by atoms with Gasteiger partial charge in [0.25, 0.3) is 5.91 Å². The monoisotopic (exact) mass is 359 g/mol. The molecule has 0 saturated carbocycles. The van der Waals surface area contributed by atoms with Gasteiger partial charge < -0.3 is 20.9 Å². The van der Waals surface area contributed by atoms with Gasteiger partial charge in [0.2, 0.25) is 5.91 Å². The lowest BCUT2D eigenvalue weighted by atomic mass is 10.1. The number of nitrogens with one attached hydrogen (secondary N) is 3. The Morgan fingerprint density at radius 1 is 1.00 bits per heavy atom. The minimum absolute atomic E-state index is 0.0713. The van der Waals surface area contributed by atoms with E-state index in [2.05, 4.69) is 20.9 Å². The molecule has 0 spiro atoms. The molecule has 7 nitrogen and oxygen atoms in total. The van der Waals surface area contributed by atoms with Crippen LogP contribution < -0.4 is 16.0 Å². The number of carbonyl (C=O) groups is 2. The summed E-state index contributed by atoms with van der Waals surface area (Å²) >= 11 is 0. The molecule has 0 unspecified atom stereocenters. The summed E-state index contributed by atoms with van der Waals surface area (Å²) in [7, 11) is 0. The van der Waals surface area contributed by atoms with Crippen molar-refractivity contribution in [1.82, 2.24) is 20.9 Å². The van der Waals surface area contributed by atoms with E-state index in [1.807, 2.05) is 30.9 Å². The minimum Gasteiger partial charge on any atom is -0.357 e. The zero-order valence-corrected chi connectivity index (χ0v) is 15.7. The highest BCUT2D eigenvalue weighted by Gasteiger charge is 2.17. The van der Waals surface area contributed by atoms with Crippen LogP contribution in [0.3, 0.4) is 0 Å². The summed E-state index contributed by atoms with van der Waals surface area (Å²) in [6.07, 6.45) is 2.18. The lowest BCUT2D eigenvalue weighted by Gasteiger charge is -2.17. The Hall–Kier alpha value is -2.57. The molecule has 1 aliphatic rings. The number of carbonyl (C=O) groups excluding carboxylic acids is 2. The molecule has 1 saturated heterocycles. The van der Waals surface area contributed by atoms with Gasteiger partial charge in [0, 0.05) is 31.7 Å². The highest BCUT2D eigenvalue weighted by Crippen LogP contribution is 2.07. The van der Waals surface area contributed by atoms with E-state index in [1.54, 1.807) is 12.1 Å². The van der Waals surface area contributed by atoms with Crippen LogP contribution in [0.25, 0.3) is 0 Å². The fraction of sp³-hybridized carbons (Fsp3) is 0.526. The molecule has 2 amide bonds. The van der Waals surface area contributed by atoms with Crippen LogP contribution in [-0.4, -0.2) is 55.4 Å². The Balaban J connectivity index is 1.89. The molecule has 1 heterocycles. The van der Waals surface area contributed by atoms with Crippen LogP contribution in [0.2, 0.25) is 0 Å². The van der Waals surface area contributed by atoms with Crippen LogP contribution in [0.15, 0.2) is 29.3 Å². The number of aliphatic imine (C=N–C) groups is 1. The lowest BCUT2D eigenvalue weighted by molar-refractivity contribution is -0.128. The Morgan fingerprint density at radius 3 is 2.27 bits per heavy atom. The number of hydrogen-bond donors (Lipinski definition) is 3. The summed E-state index contributed by atoms with van der Waals surface area (Å²) < 4.78 is 0. The van der Waals surface area contributed by atoms with Gasteiger partial charge in [-0.05, 0) is 44.4 Å². The van der Waals surface area contributed by atoms with Gasteiger partial charge >= 0.3 is 0 Å². The van der Waals surface area contributed by atoms with Gasteiger partial charge in [-0.2, -0.15) is 0 Å². The van der Waals surface area contributed by atoms with Gasteiger partial charge in [0.1, 0.15) is 0 Å². The maximum atomic E-state index is 12.1. The Morgan fingerprint density at radius 2 is 1.65 bits per heavy atom. The van der Waals surface area contributed by atoms with Crippen molar-refractivity contribution in [2.45, 2.75) is 33.2 Å². The van der Waals surface area contributed by atoms with Crippen LogP contribution in [0.5, 0.6) is 0 Å². The predicted octanol–water partition coefficient (Wildman–Crippen LogP) is 1.11. The number of likely N-dealkylation sites (tertiary alicyclic amines) is 1. The molecule has 0 bridgehead atoms. The number of guanidine groups is 1. The van der Waals surface area contributed by atoms with Gasteiger partial charge in [-0.1, -0.05) is 12.1 Å². The van der Waals surface area contributed by atoms with Crippen molar-refractivity contribution in [3.8, 4) is 0 Å². The number of rotatable bonds is 7. The van der Waals surface area contributed by atoms with Crippen molar-refractivity contribution < 1.29 is 9.59 Å². The maximum Gasteiger partial charge on any atom is 0.251 e. The summed E-state index contributed by atoms with van der Waals surface area (Å²) in [4.78, 5) is 30.3.